The summed E-state index contributed by atoms with van der Waals surface area (Å²) in [5.41, 5.74) is 0. The molecule has 0 saturated heterocycles. The van der Waals surface area contributed by atoms with Crippen molar-refractivity contribution in [3.8, 4) is 6.19 Å². The number of nitrogens with zero attached hydrogens (tertiary/aromatic N) is 1. The molecule has 0 fully saturated rings. The fraction of sp³-hybridized carbons (Fsp3) is 0.800. The third-order valence-electron chi connectivity index (χ3n) is 0.873. The summed E-state index contributed by atoms with van der Waals surface area (Å²) in [5.74, 6) is 0. The highest BCUT2D eigenvalue weighted by molar-refractivity contribution is 4.71. The van der Waals surface area contributed by atoms with Gasteiger partial charge >= 0.3 is 0 Å². The van der Waals surface area contributed by atoms with E-state index >= 15 is 0 Å². The van der Waals surface area contributed by atoms with Crippen LogP contribution < -0.4 is 5.32 Å². The molecule has 0 amide bonds. The highest BCUT2D eigenvalue weighted by Crippen LogP contribution is 1.84. The molecule has 46 valence electrons. The predicted octanol–water partition coefficient (Wildman–Crippen LogP) is -0.172. The number of nitrogens with one attached hydrogen (secondary N) is 1. The lowest BCUT2D eigenvalue weighted by Gasteiger charge is -2.03. The van der Waals surface area contributed by atoms with E-state index in [4.69, 9.17) is 10.4 Å². The second kappa shape index (κ2) is 4.41. The molecule has 0 aromatic carbocycles. The van der Waals surface area contributed by atoms with E-state index < -0.39 is 0 Å². The minimum atomic E-state index is 0.102. The van der Waals surface area contributed by atoms with E-state index in [9.17, 15) is 0 Å². The van der Waals surface area contributed by atoms with Crippen molar-refractivity contribution in [2.45, 2.75) is 19.4 Å². The summed E-state index contributed by atoms with van der Waals surface area (Å²) in [6.45, 7) is 1.98. The Balaban J connectivity index is 3.08. The first-order chi connectivity index (χ1) is 3.81. The molecule has 1 unspecified atom stereocenters. The summed E-state index contributed by atoms with van der Waals surface area (Å²) in [7, 11) is 0. The molecule has 0 spiro atoms. The molecular formula is C5H10N2O. The molecule has 0 aliphatic rings. The summed E-state index contributed by atoms with van der Waals surface area (Å²) in [4.78, 5) is 0. The van der Waals surface area contributed by atoms with Gasteiger partial charge in [0.25, 0.3) is 0 Å². The molecule has 8 heavy (non-hydrogen) atoms. The molecule has 3 nitrogen and oxygen atoms in total. The summed E-state index contributed by atoms with van der Waals surface area (Å²) in [6, 6.07) is 0.102. The van der Waals surface area contributed by atoms with Crippen LogP contribution in [0, 0.1) is 11.5 Å². The lowest BCUT2D eigenvalue weighted by molar-refractivity contribution is 0.274. The number of rotatable bonds is 3. The number of nitriles is 1. The maximum Gasteiger partial charge on any atom is 0.176 e. The number of hydrogen-bond donors (Lipinski definition) is 2. The molecule has 3 heteroatoms. The van der Waals surface area contributed by atoms with E-state index in [2.05, 4.69) is 5.32 Å². The molecule has 0 radical (unpaired) electrons. The van der Waals surface area contributed by atoms with Crippen molar-refractivity contribution >= 4 is 0 Å². The average molecular weight is 114 g/mol. The van der Waals surface area contributed by atoms with Crippen molar-refractivity contribution in [3.63, 3.8) is 0 Å². The second-order valence-corrected chi connectivity index (χ2v) is 1.67. The molecule has 0 rings (SSSR count). The Labute approximate surface area is 48.9 Å². The van der Waals surface area contributed by atoms with Crippen molar-refractivity contribution in [1.82, 2.24) is 5.32 Å². The molecule has 1 atom stereocenters. The largest absolute Gasteiger partial charge is 0.396 e. The highest BCUT2D eigenvalue weighted by atomic mass is 16.3. The van der Waals surface area contributed by atoms with Gasteiger partial charge in [-0.25, -0.2) is 0 Å². The van der Waals surface area contributed by atoms with Gasteiger partial charge < -0.3 is 10.4 Å². The Morgan fingerprint density at radius 2 is 2.50 bits per heavy atom. The van der Waals surface area contributed by atoms with Crippen LogP contribution in [0.3, 0.4) is 0 Å². The third kappa shape index (κ3) is 3.44. The van der Waals surface area contributed by atoms with Crippen LogP contribution in [0.5, 0.6) is 0 Å². The Morgan fingerprint density at radius 3 is 2.88 bits per heavy atom. The molecule has 0 aromatic heterocycles. The zero-order valence-electron chi connectivity index (χ0n) is 4.89. The lowest BCUT2D eigenvalue weighted by atomic mass is 10.2. The predicted molar refractivity (Wildman–Crippen MR) is 29.9 cm³/mol. The molecule has 0 aliphatic heterocycles. The van der Waals surface area contributed by atoms with Crippen molar-refractivity contribution in [3.05, 3.63) is 0 Å². The van der Waals surface area contributed by atoms with Crippen LogP contribution in [-0.2, 0) is 0 Å². The van der Waals surface area contributed by atoms with Gasteiger partial charge in [0.2, 0.25) is 0 Å². The smallest absolute Gasteiger partial charge is 0.176 e. The van der Waals surface area contributed by atoms with Gasteiger partial charge in [-0.05, 0) is 13.3 Å². The summed E-state index contributed by atoms with van der Waals surface area (Å²) in [6.07, 6.45) is 2.42. The summed E-state index contributed by atoms with van der Waals surface area (Å²) >= 11 is 0. The van der Waals surface area contributed by atoms with Crippen LogP contribution in [-0.4, -0.2) is 17.8 Å². The normalized spacial score (nSPS) is 12.1. The lowest BCUT2D eigenvalue weighted by Crippen LogP contribution is -2.21. The standard InChI is InChI=1S/C5H10N2O/c1-5(2-3-8)7-4-6/h5,7-8H,2-3H2,1H3. The van der Waals surface area contributed by atoms with Gasteiger partial charge in [-0.2, -0.15) is 5.26 Å². The molecule has 0 saturated carbocycles. The van der Waals surface area contributed by atoms with E-state index in [0.717, 1.165) is 0 Å². The second-order valence-electron chi connectivity index (χ2n) is 1.67. The van der Waals surface area contributed by atoms with Gasteiger partial charge in [-0.15, -0.1) is 0 Å². The monoisotopic (exact) mass is 114 g/mol. The molecular weight excluding hydrogens is 104 g/mol. The van der Waals surface area contributed by atoms with Crippen LogP contribution in [0.4, 0.5) is 0 Å². The first kappa shape index (κ1) is 7.25. The summed E-state index contributed by atoms with van der Waals surface area (Å²) in [5, 5.41) is 18.8. The third-order valence-corrected chi connectivity index (χ3v) is 0.873. The van der Waals surface area contributed by atoms with Crippen LogP contribution >= 0.6 is 0 Å². The molecule has 0 aliphatic carbocycles. The topological polar surface area (TPSA) is 56.0 Å². The average Bonchev–Trinajstić information content (AvgIpc) is 1.68. The maximum absolute atomic E-state index is 8.31. The van der Waals surface area contributed by atoms with Gasteiger partial charge in [0.1, 0.15) is 0 Å². The van der Waals surface area contributed by atoms with Gasteiger partial charge in [-0.3, -0.25) is 0 Å². The molecule has 0 bridgehead atoms. The SMILES string of the molecule is CC(CCO)NC#N. The maximum atomic E-state index is 8.31. The van der Waals surface area contributed by atoms with Crippen LogP contribution in [0.1, 0.15) is 13.3 Å². The zero-order valence-corrected chi connectivity index (χ0v) is 4.89. The van der Waals surface area contributed by atoms with E-state index in [1.807, 2.05) is 6.92 Å². The van der Waals surface area contributed by atoms with Gasteiger partial charge in [-0.1, -0.05) is 0 Å². The first-order valence-corrected chi connectivity index (χ1v) is 2.56. The number of aliphatic hydroxyl groups excluding tert-OH is 1. The number of aliphatic hydroxyl groups is 1. The van der Waals surface area contributed by atoms with Crippen molar-refractivity contribution < 1.29 is 5.11 Å². The fourth-order valence-corrected chi connectivity index (χ4v) is 0.376. The Kier molecular flexibility index (Phi) is 4.00. The minimum Gasteiger partial charge on any atom is -0.396 e. The van der Waals surface area contributed by atoms with E-state index in [1.54, 1.807) is 6.19 Å². The van der Waals surface area contributed by atoms with Crippen LogP contribution in [0.25, 0.3) is 0 Å². The van der Waals surface area contributed by atoms with Crippen molar-refractivity contribution in [1.29, 1.82) is 5.26 Å². The van der Waals surface area contributed by atoms with Gasteiger partial charge in [0, 0.05) is 12.6 Å². The molecule has 0 heterocycles. The van der Waals surface area contributed by atoms with Crippen molar-refractivity contribution in [2.75, 3.05) is 6.61 Å². The van der Waals surface area contributed by atoms with E-state index in [1.165, 1.54) is 0 Å². The Hall–Kier alpha value is -0.750. The zero-order chi connectivity index (χ0) is 6.41. The number of hydrogen-bond acceptors (Lipinski definition) is 3. The quantitative estimate of drug-likeness (QED) is 0.395. The highest BCUT2D eigenvalue weighted by Gasteiger charge is 1.94. The van der Waals surface area contributed by atoms with Crippen LogP contribution in [0.2, 0.25) is 0 Å². The van der Waals surface area contributed by atoms with E-state index in [-0.39, 0.29) is 12.6 Å². The molecule has 0 aromatic rings. The van der Waals surface area contributed by atoms with Crippen molar-refractivity contribution in [2.24, 2.45) is 0 Å². The van der Waals surface area contributed by atoms with Gasteiger partial charge in [0.15, 0.2) is 6.19 Å². The Bertz CT molecular complexity index is 86.9. The summed E-state index contributed by atoms with van der Waals surface area (Å²) < 4.78 is 0. The first-order valence-electron chi connectivity index (χ1n) is 2.56. The fourth-order valence-electron chi connectivity index (χ4n) is 0.376. The van der Waals surface area contributed by atoms with Crippen LogP contribution in [0.15, 0.2) is 0 Å². The van der Waals surface area contributed by atoms with E-state index in [0.29, 0.717) is 6.42 Å². The Morgan fingerprint density at radius 1 is 1.88 bits per heavy atom. The minimum absolute atomic E-state index is 0.102. The van der Waals surface area contributed by atoms with Gasteiger partial charge in [0.05, 0.1) is 0 Å². The molecule has 2 N–H and O–H groups in total.